The Labute approximate surface area is 89.8 Å². The van der Waals surface area contributed by atoms with Crippen molar-refractivity contribution in [2.45, 2.75) is 0 Å². The van der Waals surface area contributed by atoms with E-state index in [2.05, 4.69) is 15.0 Å². The van der Waals surface area contributed by atoms with Gasteiger partial charge >= 0.3 is 5.97 Å². The number of imidazole rings is 1. The predicted octanol–water partition coefficient (Wildman–Crippen LogP) is 1.81. The van der Waals surface area contributed by atoms with Crippen LogP contribution in [0.2, 0.25) is 0 Å². The molecular weight excluding hydrogens is 206 g/mol. The van der Waals surface area contributed by atoms with Crippen LogP contribution in [0.4, 0.5) is 0 Å². The number of pyridine rings is 1. The van der Waals surface area contributed by atoms with Gasteiger partial charge in [0, 0.05) is 17.8 Å². The second kappa shape index (κ2) is 3.03. The van der Waals surface area contributed by atoms with E-state index < -0.39 is 5.97 Å². The summed E-state index contributed by atoms with van der Waals surface area (Å²) in [6.07, 6.45) is 3.38. The lowest BCUT2D eigenvalue weighted by Crippen LogP contribution is -1.97. The molecule has 3 rings (SSSR count). The molecule has 16 heavy (non-hydrogen) atoms. The Bertz CT molecular complexity index is 703. The van der Waals surface area contributed by atoms with Crippen LogP contribution >= 0.6 is 0 Å². The van der Waals surface area contributed by atoms with Crippen LogP contribution in [0.5, 0.6) is 0 Å². The summed E-state index contributed by atoms with van der Waals surface area (Å²) in [7, 11) is 0. The number of H-pyrrole nitrogens is 1. The summed E-state index contributed by atoms with van der Waals surface area (Å²) in [6.45, 7) is 0. The van der Waals surface area contributed by atoms with Crippen LogP contribution in [0.25, 0.3) is 21.8 Å². The Balaban J connectivity index is 2.46. The first-order valence-electron chi connectivity index (χ1n) is 4.71. The van der Waals surface area contributed by atoms with E-state index in [0.717, 1.165) is 10.8 Å². The third-order valence-electron chi connectivity index (χ3n) is 2.47. The molecule has 0 atom stereocenters. The molecule has 0 radical (unpaired) electrons. The second-order valence-corrected chi connectivity index (χ2v) is 3.45. The second-order valence-electron chi connectivity index (χ2n) is 3.45. The van der Waals surface area contributed by atoms with Crippen molar-refractivity contribution >= 4 is 27.8 Å². The molecule has 5 heteroatoms. The molecule has 0 aliphatic heterocycles. The molecule has 0 saturated heterocycles. The molecule has 3 aromatic rings. The van der Waals surface area contributed by atoms with Gasteiger partial charge in [-0.1, -0.05) is 6.07 Å². The topological polar surface area (TPSA) is 78.9 Å². The summed E-state index contributed by atoms with van der Waals surface area (Å²) >= 11 is 0. The number of carboxylic acids is 1. The average Bonchev–Trinajstić information content (AvgIpc) is 2.73. The first-order valence-corrected chi connectivity index (χ1v) is 4.71. The highest BCUT2D eigenvalue weighted by atomic mass is 16.4. The lowest BCUT2D eigenvalue weighted by Gasteiger charge is -1.95. The summed E-state index contributed by atoms with van der Waals surface area (Å²) in [6, 6.07) is 5.59. The quantitative estimate of drug-likeness (QED) is 0.646. The maximum atomic E-state index is 10.8. The third kappa shape index (κ3) is 1.15. The molecule has 0 unspecified atom stereocenters. The number of nitrogens with one attached hydrogen (secondary N) is 1. The Kier molecular flexibility index (Phi) is 1.67. The fourth-order valence-electron chi connectivity index (χ4n) is 1.74. The number of aromatic amines is 1. The van der Waals surface area contributed by atoms with Crippen molar-refractivity contribution in [1.29, 1.82) is 0 Å². The van der Waals surface area contributed by atoms with Gasteiger partial charge in [-0.15, -0.1) is 0 Å². The van der Waals surface area contributed by atoms with Gasteiger partial charge < -0.3 is 10.1 Å². The molecule has 0 amide bonds. The molecule has 5 nitrogen and oxygen atoms in total. The monoisotopic (exact) mass is 213 g/mol. The number of aromatic nitrogens is 3. The summed E-state index contributed by atoms with van der Waals surface area (Å²) in [4.78, 5) is 21.6. The number of carbonyl (C=O) groups is 1. The van der Waals surface area contributed by atoms with Crippen molar-refractivity contribution in [1.82, 2.24) is 15.0 Å². The Hall–Kier alpha value is -2.43. The van der Waals surface area contributed by atoms with Crippen LogP contribution in [0.15, 0.2) is 30.6 Å². The lowest BCUT2D eigenvalue weighted by molar-refractivity contribution is 0.0685. The van der Waals surface area contributed by atoms with Gasteiger partial charge in [0.2, 0.25) is 5.82 Å². The van der Waals surface area contributed by atoms with Gasteiger partial charge in [0.05, 0.1) is 11.0 Å². The molecular formula is C11H7N3O2. The minimum Gasteiger partial charge on any atom is -0.475 e. The zero-order chi connectivity index (χ0) is 11.1. The van der Waals surface area contributed by atoms with Crippen LogP contribution in [-0.2, 0) is 0 Å². The van der Waals surface area contributed by atoms with Crippen LogP contribution < -0.4 is 0 Å². The van der Waals surface area contributed by atoms with Crippen molar-refractivity contribution in [2.75, 3.05) is 0 Å². The van der Waals surface area contributed by atoms with E-state index in [0.29, 0.717) is 11.0 Å². The van der Waals surface area contributed by atoms with Gasteiger partial charge in [-0.2, -0.15) is 0 Å². The van der Waals surface area contributed by atoms with Crippen LogP contribution in [0, 0.1) is 0 Å². The van der Waals surface area contributed by atoms with Gasteiger partial charge in [0.25, 0.3) is 0 Å². The molecule has 0 spiro atoms. The van der Waals surface area contributed by atoms with Gasteiger partial charge in [0.1, 0.15) is 0 Å². The van der Waals surface area contributed by atoms with Gasteiger partial charge in [0.15, 0.2) is 0 Å². The molecule has 1 aromatic carbocycles. The number of hydrogen-bond donors (Lipinski definition) is 2. The minimum absolute atomic E-state index is 0.0497. The number of benzene rings is 1. The maximum Gasteiger partial charge on any atom is 0.371 e. The highest BCUT2D eigenvalue weighted by Crippen LogP contribution is 2.22. The van der Waals surface area contributed by atoms with E-state index >= 15 is 0 Å². The van der Waals surface area contributed by atoms with Crippen molar-refractivity contribution in [3.63, 3.8) is 0 Å². The summed E-state index contributed by atoms with van der Waals surface area (Å²) in [5.41, 5.74) is 1.35. The zero-order valence-corrected chi connectivity index (χ0v) is 8.14. The zero-order valence-electron chi connectivity index (χ0n) is 8.14. The number of nitrogens with zero attached hydrogens (tertiary/aromatic N) is 2. The molecule has 0 saturated carbocycles. The van der Waals surface area contributed by atoms with E-state index in [1.165, 1.54) is 0 Å². The van der Waals surface area contributed by atoms with Crippen LogP contribution in [0.1, 0.15) is 10.6 Å². The fourth-order valence-corrected chi connectivity index (χ4v) is 1.74. The van der Waals surface area contributed by atoms with Crippen molar-refractivity contribution < 1.29 is 9.90 Å². The molecule has 0 fully saturated rings. The largest absolute Gasteiger partial charge is 0.475 e. The van der Waals surface area contributed by atoms with Crippen LogP contribution in [-0.4, -0.2) is 26.0 Å². The molecule has 2 heterocycles. The Morgan fingerprint density at radius 1 is 1.31 bits per heavy atom. The van der Waals surface area contributed by atoms with E-state index in [1.54, 1.807) is 12.4 Å². The number of fused-ring (bicyclic) bond motifs is 3. The van der Waals surface area contributed by atoms with E-state index in [1.807, 2.05) is 18.2 Å². The SMILES string of the molecule is O=C(O)c1nc2c(ccc3ccncc32)[nH]1. The normalized spacial score (nSPS) is 11.0. The number of hydrogen-bond acceptors (Lipinski definition) is 3. The lowest BCUT2D eigenvalue weighted by atomic mass is 10.1. The summed E-state index contributed by atoms with van der Waals surface area (Å²) in [5.74, 6) is -1.11. The van der Waals surface area contributed by atoms with Crippen molar-refractivity contribution in [2.24, 2.45) is 0 Å². The molecule has 0 aliphatic rings. The Morgan fingerprint density at radius 2 is 2.19 bits per heavy atom. The maximum absolute atomic E-state index is 10.8. The Morgan fingerprint density at radius 3 is 3.00 bits per heavy atom. The van der Waals surface area contributed by atoms with Gasteiger partial charge in [-0.3, -0.25) is 4.98 Å². The number of carboxylic acid groups (broad SMARTS) is 1. The third-order valence-corrected chi connectivity index (χ3v) is 2.47. The molecule has 0 aliphatic carbocycles. The molecule has 78 valence electrons. The van der Waals surface area contributed by atoms with Crippen molar-refractivity contribution in [3.8, 4) is 0 Å². The molecule has 0 bridgehead atoms. The standard InChI is InChI=1S/C11H7N3O2/c15-11(16)10-13-8-2-1-6-3-4-12-5-7(6)9(8)14-10/h1-5H,(H,13,14)(H,15,16). The predicted molar refractivity (Wildman–Crippen MR) is 58.4 cm³/mol. The summed E-state index contributed by atoms with van der Waals surface area (Å²) < 4.78 is 0. The number of aromatic carboxylic acids is 1. The average molecular weight is 213 g/mol. The summed E-state index contributed by atoms with van der Waals surface area (Å²) in [5, 5.41) is 10.7. The molecule has 2 N–H and O–H groups in total. The first kappa shape index (κ1) is 8.84. The smallest absolute Gasteiger partial charge is 0.371 e. The van der Waals surface area contributed by atoms with Crippen LogP contribution in [0.3, 0.4) is 0 Å². The fraction of sp³-hybridized carbons (Fsp3) is 0. The first-order chi connectivity index (χ1) is 7.75. The van der Waals surface area contributed by atoms with Gasteiger partial charge in [-0.25, -0.2) is 9.78 Å². The molecule has 2 aromatic heterocycles. The van der Waals surface area contributed by atoms with Crippen molar-refractivity contribution in [3.05, 3.63) is 36.4 Å². The highest BCUT2D eigenvalue weighted by molar-refractivity contribution is 6.05. The highest BCUT2D eigenvalue weighted by Gasteiger charge is 2.11. The van der Waals surface area contributed by atoms with E-state index in [4.69, 9.17) is 5.11 Å². The minimum atomic E-state index is -1.06. The number of rotatable bonds is 1. The van der Waals surface area contributed by atoms with E-state index in [9.17, 15) is 4.79 Å². The van der Waals surface area contributed by atoms with Gasteiger partial charge in [-0.05, 0) is 17.5 Å². The van der Waals surface area contributed by atoms with E-state index in [-0.39, 0.29) is 5.82 Å².